The van der Waals surface area contributed by atoms with Crippen LogP contribution in [0.2, 0.25) is 0 Å². The van der Waals surface area contributed by atoms with Gasteiger partial charge in [-0.3, -0.25) is 9.59 Å². The summed E-state index contributed by atoms with van der Waals surface area (Å²) < 4.78 is 15.9. The third-order valence-electron chi connectivity index (χ3n) is 5.08. The van der Waals surface area contributed by atoms with E-state index in [0.717, 1.165) is 11.1 Å². The van der Waals surface area contributed by atoms with Crippen LogP contribution in [0.1, 0.15) is 37.4 Å². The Balaban J connectivity index is 1.86. The number of carbonyl (C=O) groups excluding carboxylic acids is 2. The first-order chi connectivity index (χ1) is 14.9. The highest BCUT2D eigenvalue weighted by molar-refractivity contribution is 6.10. The molecule has 0 saturated carbocycles. The van der Waals surface area contributed by atoms with Crippen LogP contribution in [0.25, 0.3) is 0 Å². The number of ether oxygens (including phenoxy) is 3. The van der Waals surface area contributed by atoms with Crippen LogP contribution in [0.15, 0.2) is 54.6 Å². The van der Waals surface area contributed by atoms with Gasteiger partial charge < -0.3 is 19.5 Å². The van der Waals surface area contributed by atoms with Crippen LogP contribution in [0.4, 0.5) is 5.69 Å². The van der Waals surface area contributed by atoms with Crippen molar-refractivity contribution in [3.05, 3.63) is 82.4 Å². The minimum atomic E-state index is -0.366. The lowest BCUT2D eigenvalue weighted by molar-refractivity contribution is 0.102. The molecule has 0 fully saturated rings. The summed E-state index contributed by atoms with van der Waals surface area (Å²) in [7, 11) is 4.47. The van der Waals surface area contributed by atoms with Gasteiger partial charge in [-0.15, -0.1) is 0 Å². The number of aryl methyl sites for hydroxylation is 2. The minimum Gasteiger partial charge on any atom is -0.493 e. The zero-order chi connectivity index (χ0) is 22.5. The van der Waals surface area contributed by atoms with Gasteiger partial charge in [0.2, 0.25) is 5.75 Å². The maximum atomic E-state index is 12.9. The molecular formula is C25H25NO5. The fourth-order valence-electron chi connectivity index (χ4n) is 3.20. The molecule has 3 aromatic rings. The number of ketones is 1. The van der Waals surface area contributed by atoms with Crippen molar-refractivity contribution in [1.29, 1.82) is 0 Å². The lowest BCUT2D eigenvalue weighted by atomic mass is 9.99. The Hall–Kier alpha value is -3.80. The Morgan fingerprint density at radius 1 is 0.710 bits per heavy atom. The Morgan fingerprint density at radius 3 is 1.94 bits per heavy atom. The Labute approximate surface area is 181 Å². The molecule has 6 nitrogen and oxygen atoms in total. The summed E-state index contributed by atoms with van der Waals surface area (Å²) in [6, 6.07) is 15.6. The zero-order valence-electron chi connectivity index (χ0n) is 18.2. The third-order valence-corrected chi connectivity index (χ3v) is 5.08. The number of anilines is 1. The molecule has 160 valence electrons. The number of hydrogen-bond donors (Lipinski definition) is 1. The normalized spacial score (nSPS) is 10.4. The maximum absolute atomic E-state index is 12.9. The van der Waals surface area contributed by atoms with Gasteiger partial charge in [-0.05, 0) is 55.3 Å². The van der Waals surface area contributed by atoms with Gasteiger partial charge in [-0.2, -0.15) is 0 Å². The average Bonchev–Trinajstić information content (AvgIpc) is 2.79. The van der Waals surface area contributed by atoms with Gasteiger partial charge in [0, 0.05) is 22.4 Å². The van der Waals surface area contributed by atoms with Crippen molar-refractivity contribution in [2.24, 2.45) is 0 Å². The van der Waals surface area contributed by atoms with Gasteiger partial charge in [-0.25, -0.2) is 0 Å². The highest BCUT2D eigenvalue weighted by Gasteiger charge is 2.18. The van der Waals surface area contributed by atoms with E-state index < -0.39 is 0 Å². The number of methoxy groups -OCH3 is 3. The van der Waals surface area contributed by atoms with E-state index in [2.05, 4.69) is 5.32 Å². The molecule has 0 aromatic heterocycles. The number of benzene rings is 3. The van der Waals surface area contributed by atoms with E-state index in [1.807, 2.05) is 32.0 Å². The number of carbonyl (C=O) groups is 2. The molecule has 1 N–H and O–H groups in total. The Morgan fingerprint density at radius 2 is 1.35 bits per heavy atom. The molecule has 0 saturated heterocycles. The van der Waals surface area contributed by atoms with Crippen LogP contribution >= 0.6 is 0 Å². The number of nitrogens with one attached hydrogen (secondary N) is 1. The Kier molecular flexibility index (Phi) is 6.60. The summed E-state index contributed by atoms with van der Waals surface area (Å²) >= 11 is 0. The predicted octanol–water partition coefficient (Wildman–Crippen LogP) is 4.81. The van der Waals surface area contributed by atoms with E-state index in [1.165, 1.54) is 21.3 Å². The average molecular weight is 419 g/mol. The summed E-state index contributed by atoms with van der Waals surface area (Å²) in [5, 5.41) is 2.82. The van der Waals surface area contributed by atoms with E-state index in [-0.39, 0.29) is 11.7 Å². The van der Waals surface area contributed by atoms with Crippen LogP contribution < -0.4 is 19.5 Å². The lowest BCUT2D eigenvalue weighted by Crippen LogP contribution is -2.13. The second-order valence-electron chi connectivity index (χ2n) is 7.08. The molecule has 0 aliphatic heterocycles. The number of rotatable bonds is 7. The molecule has 3 aromatic carbocycles. The molecule has 3 rings (SSSR count). The minimum absolute atomic E-state index is 0.105. The molecule has 0 unspecified atom stereocenters. The summed E-state index contributed by atoms with van der Waals surface area (Å²) in [5.41, 5.74) is 4.12. The quantitative estimate of drug-likeness (QED) is 0.556. The predicted molar refractivity (Wildman–Crippen MR) is 120 cm³/mol. The smallest absolute Gasteiger partial charge is 0.255 e. The monoisotopic (exact) mass is 419 g/mol. The topological polar surface area (TPSA) is 73.9 Å². The summed E-state index contributed by atoms with van der Waals surface area (Å²) in [6.45, 7) is 3.98. The molecule has 0 aliphatic rings. The van der Waals surface area contributed by atoms with Gasteiger partial charge in [0.15, 0.2) is 17.3 Å². The number of amides is 1. The van der Waals surface area contributed by atoms with Crippen molar-refractivity contribution >= 4 is 17.4 Å². The number of hydrogen-bond acceptors (Lipinski definition) is 5. The van der Waals surface area contributed by atoms with Crippen molar-refractivity contribution in [1.82, 2.24) is 0 Å². The first-order valence-corrected chi connectivity index (χ1v) is 9.71. The van der Waals surface area contributed by atoms with E-state index in [0.29, 0.717) is 39.6 Å². The van der Waals surface area contributed by atoms with Crippen molar-refractivity contribution in [2.45, 2.75) is 13.8 Å². The van der Waals surface area contributed by atoms with Crippen LogP contribution in [0, 0.1) is 13.8 Å². The van der Waals surface area contributed by atoms with Crippen LogP contribution in [-0.2, 0) is 0 Å². The van der Waals surface area contributed by atoms with Gasteiger partial charge in [0.1, 0.15) is 0 Å². The van der Waals surface area contributed by atoms with Crippen molar-refractivity contribution in [3.63, 3.8) is 0 Å². The molecule has 0 bridgehead atoms. The van der Waals surface area contributed by atoms with Crippen molar-refractivity contribution < 1.29 is 23.8 Å². The van der Waals surface area contributed by atoms with E-state index in [1.54, 1.807) is 36.4 Å². The lowest BCUT2D eigenvalue weighted by Gasteiger charge is -2.14. The largest absolute Gasteiger partial charge is 0.493 e. The second-order valence-corrected chi connectivity index (χ2v) is 7.08. The molecule has 0 aliphatic carbocycles. The van der Waals surface area contributed by atoms with Crippen LogP contribution in [-0.4, -0.2) is 33.0 Å². The molecule has 0 atom stereocenters. The molecule has 31 heavy (non-hydrogen) atoms. The summed E-state index contributed by atoms with van der Waals surface area (Å²) in [5.74, 6) is 0.695. The summed E-state index contributed by atoms with van der Waals surface area (Å²) in [6.07, 6.45) is 0. The molecule has 0 radical (unpaired) electrons. The Bertz CT molecular complexity index is 1110. The van der Waals surface area contributed by atoms with Crippen LogP contribution in [0.3, 0.4) is 0 Å². The van der Waals surface area contributed by atoms with Gasteiger partial charge in [-0.1, -0.05) is 24.3 Å². The second kappa shape index (κ2) is 9.34. The van der Waals surface area contributed by atoms with Gasteiger partial charge in [0.25, 0.3) is 5.91 Å². The first kappa shape index (κ1) is 21.9. The van der Waals surface area contributed by atoms with Gasteiger partial charge in [0.05, 0.1) is 21.3 Å². The first-order valence-electron chi connectivity index (χ1n) is 9.71. The fourth-order valence-corrected chi connectivity index (χ4v) is 3.20. The third kappa shape index (κ3) is 4.69. The summed E-state index contributed by atoms with van der Waals surface area (Å²) in [4.78, 5) is 25.7. The highest BCUT2D eigenvalue weighted by atomic mass is 16.5. The van der Waals surface area contributed by atoms with E-state index >= 15 is 0 Å². The fraction of sp³-hybridized carbons (Fsp3) is 0.200. The SMILES string of the molecule is COc1cc(C(=O)Nc2cccc(C(=O)c3ccc(C)c(C)c3)c2)cc(OC)c1OC. The van der Waals surface area contributed by atoms with Gasteiger partial charge >= 0.3 is 0 Å². The van der Waals surface area contributed by atoms with Crippen molar-refractivity contribution in [2.75, 3.05) is 26.6 Å². The molecular weight excluding hydrogens is 394 g/mol. The standard InChI is InChI=1S/C25H25NO5/c1-15-9-10-18(11-16(15)2)23(27)17-7-6-8-20(12-17)26-25(28)19-13-21(29-3)24(31-5)22(14-19)30-4/h6-14H,1-5H3,(H,26,28). The highest BCUT2D eigenvalue weighted by Crippen LogP contribution is 2.38. The van der Waals surface area contributed by atoms with E-state index in [4.69, 9.17) is 14.2 Å². The molecule has 0 heterocycles. The van der Waals surface area contributed by atoms with Crippen molar-refractivity contribution in [3.8, 4) is 17.2 Å². The van der Waals surface area contributed by atoms with E-state index in [9.17, 15) is 9.59 Å². The maximum Gasteiger partial charge on any atom is 0.255 e. The zero-order valence-corrected chi connectivity index (χ0v) is 18.2. The molecule has 6 heteroatoms. The molecule has 0 spiro atoms. The molecule has 1 amide bonds. The van der Waals surface area contributed by atoms with Crippen LogP contribution in [0.5, 0.6) is 17.2 Å².